The second kappa shape index (κ2) is 5.35. The third-order valence-electron chi connectivity index (χ3n) is 3.55. The van der Waals surface area contributed by atoms with E-state index in [9.17, 15) is 13.2 Å². The predicted octanol–water partition coefficient (Wildman–Crippen LogP) is 2.35. The summed E-state index contributed by atoms with van der Waals surface area (Å²) in [5.41, 5.74) is 0.777. The molecule has 21 heavy (non-hydrogen) atoms. The highest BCUT2D eigenvalue weighted by Gasteiger charge is 2.32. The summed E-state index contributed by atoms with van der Waals surface area (Å²) in [5.74, 6) is 0.209. The molecule has 2 aromatic rings. The fourth-order valence-electron chi connectivity index (χ4n) is 2.70. The first-order valence-corrected chi connectivity index (χ1v) is 9.06. The van der Waals surface area contributed by atoms with Crippen molar-refractivity contribution < 1.29 is 17.6 Å². The van der Waals surface area contributed by atoms with Crippen LogP contribution in [0.15, 0.2) is 34.7 Å². The Labute approximate surface area is 126 Å². The lowest BCUT2D eigenvalue weighted by molar-refractivity contribution is -0.128. The molecule has 1 aliphatic rings. The number of para-hydroxylation sites is 1. The fraction of sp³-hybridized carbons (Fsp3) is 0.357. The van der Waals surface area contributed by atoms with Crippen LogP contribution in [-0.2, 0) is 20.4 Å². The lowest BCUT2D eigenvalue weighted by Gasteiger charge is -2.14. The lowest BCUT2D eigenvalue weighted by atomic mass is 10.1. The number of halogens is 1. The molecule has 0 N–H and O–H groups in total. The SMILES string of the molecule is O=C1CC(CS(=O)(=O)Cl)CN1Cc1cc2ccccc2o1. The Morgan fingerprint density at radius 1 is 1.33 bits per heavy atom. The largest absolute Gasteiger partial charge is 0.459 e. The van der Waals surface area contributed by atoms with E-state index in [4.69, 9.17) is 15.1 Å². The number of likely N-dealkylation sites (tertiary alicyclic amines) is 1. The first kappa shape index (κ1) is 14.4. The van der Waals surface area contributed by atoms with Gasteiger partial charge >= 0.3 is 0 Å². The Morgan fingerprint density at radius 3 is 2.81 bits per heavy atom. The van der Waals surface area contributed by atoms with Gasteiger partial charge < -0.3 is 9.32 Å². The van der Waals surface area contributed by atoms with Crippen LogP contribution in [0.5, 0.6) is 0 Å². The molecule has 2 heterocycles. The second-order valence-electron chi connectivity index (χ2n) is 5.30. The van der Waals surface area contributed by atoms with Crippen LogP contribution in [0.1, 0.15) is 12.2 Å². The molecule has 112 valence electrons. The van der Waals surface area contributed by atoms with Crippen LogP contribution < -0.4 is 0 Å². The van der Waals surface area contributed by atoms with Gasteiger partial charge in [0.1, 0.15) is 11.3 Å². The standard InChI is InChI=1S/C14H14ClNO4S/c15-21(18,19)9-10-5-14(17)16(7-10)8-12-6-11-3-1-2-4-13(11)20-12/h1-4,6,10H,5,7-9H2. The normalized spacial score (nSPS) is 19.6. The van der Waals surface area contributed by atoms with Gasteiger partial charge in [-0.05, 0) is 12.1 Å². The Hall–Kier alpha value is -1.53. The van der Waals surface area contributed by atoms with Crippen molar-refractivity contribution in [3.8, 4) is 0 Å². The predicted molar refractivity (Wildman–Crippen MR) is 79.4 cm³/mol. The highest BCUT2D eigenvalue weighted by molar-refractivity contribution is 8.13. The summed E-state index contributed by atoms with van der Waals surface area (Å²) in [5, 5.41) is 0.985. The molecule has 1 aromatic carbocycles. The number of carbonyl (C=O) groups is 1. The van der Waals surface area contributed by atoms with E-state index in [-0.39, 0.29) is 24.0 Å². The number of rotatable bonds is 4. The number of benzene rings is 1. The van der Waals surface area contributed by atoms with E-state index >= 15 is 0 Å². The average Bonchev–Trinajstić information content (AvgIpc) is 2.91. The maximum absolute atomic E-state index is 11.9. The van der Waals surface area contributed by atoms with Crippen LogP contribution in [0.2, 0.25) is 0 Å². The van der Waals surface area contributed by atoms with Gasteiger partial charge in [-0.25, -0.2) is 8.42 Å². The van der Waals surface area contributed by atoms with E-state index in [0.717, 1.165) is 11.0 Å². The van der Waals surface area contributed by atoms with E-state index in [0.29, 0.717) is 18.8 Å². The Kier molecular flexibility index (Phi) is 3.67. The van der Waals surface area contributed by atoms with Gasteiger partial charge in [0, 0.05) is 35.0 Å². The summed E-state index contributed by atoms with van der Waals surface area (Å²) in [6.45, 7) is 0.744. The van der Waals surface area contributed by atoms with Gasteiger partial charge in [-0.3, -0.25) is 4.79 Å². The van der Waals surface area contributed by atoms with Crippen LogP contribution in [0, 0.1) is 5.92 Å². The number of nitrogens with zero attached hydrogens (tertiary/aromatic N) is 1. The molecule has 1 unspecified atom stereocenters. The molecule has 1 atom stereocenters. The molecule has 5 nitrogen and oxygen atoms in total. The number of furan rings is 1. The zero-order valence-electron chi connectivity index (χ0n) is 11.2. The minimum absolute atomic E-state index is 0.0687. The van der Waals surface area contributed by atoms with E-state index in [1.807, 2.05) is 30.3 Å². The van der Waals surface area contributed by atoms with Gasteiger partial charge in [-0.1, -0.05) is 18.2 Å². The van der Waals surface area contributed by atoms with Crippen molar-refractivity contribution in [1.29, 1.82) is 0 Å². The van der Waals surface area contributed by atoms with Crippen molar-refractivity contribution in [3.63, 3.8) is 0 Å². The Bertz CT molecular complexity index is 750. The molecule has 1 aromatic heterocycles. The molecule has 1 saturated heterocycles. The Balaban J connectivity index is 1.71. The molecular weight excluding hydrogens is 314 g/mol. The van der Waals surface area contributed by atoms with E-state index in [2.05, 4.69) is 0 Å². The molecule has 0 radical (unpaired) electrons. The minimum Gasteiger partial charge on any atom is -0.459 e. The van der Waals surface area contributed by atoms with Crippen molar-refractivity contribution in [3.05, 3.63) is 36.1 Å². The van der Waals surface area contributed by atoms with Crippen LogP contribution >= 0.6 is 10.7 Å². The van der Waals surface area contributed by atoms with Gasteiger partial charge in [-0.15, -0.1) is 0 Å². The third-order valence-corrected chi connectivity index (χ3v) is 4.80. The molecule has 1 amide bonds. The molecule has 0 spiro atoms. The van der Waals surface area contributed by atoms with Gasteiger partial charge in [0.05, 0.1) is 12.3 Å². The van der Waals surface area contributed by atoms with E-state index < -0.39 is 9.05 Å². The van der Waals surface area contributed by atoms with Crippen molar-refractivity contribution in [1.82, 2.24) is 4.90 Å². The van der Waals surface area contributed by atoms with E-state index in [1.165, 1.54) is 0 Å². The van der Waals surface area contributed by atoms with Crippen LogP contribution in [-0.4, -0.2) is 31.5 Å². The monoisotopic (exact) mass is 327 g/mol. The van der Waals surface area contributed by atoms with Gasteiger partial charge in [0.15, 0.2) is 0 Å². The number of hydrogen-bond donors (Lipinski definition) is 0. The molecule has 0 saturated carbocycles. The number of carbonyl (C=O) groups excluding carboxylic acids is 1. The summed E-state index contributed by atoms with van der Waals surface area (Å²) in [7, 11) is 1.67. The number of hydrogen-bond acceptors (Lipinski definition) is 4. The van der Waals surface area contributed by atoms with Crippen LogP contribution in [0.25, 0.3) is 11.0 Å². The second-order valence-corrected chi connectivity index (χ2v) is 8.12. The summed E-state index contributed by atoms with van der Waals surface area (Å²) in [6, 6.07) is 9.51. The molecule has 7 heteroatoms. The maximum Gasteiger partial charge on any atom is 0.232 e. The van der Waals surface area contributed by atoms with Crippen molar-refractivity contribution >= 4 is 36.6 Å². The third kappa shape index (κ3) is 3.39. The molecule has 0 aliphatic carbocycles. The highest BCUT2D eigenvalue weighted by Crippen LogP contribution is 2.25. The van der Waals surface area contributed by atoms with Crippen molar-refractivity contribution in [2.75, 3.05) is 12.3 Å². The van der Waals surface area contributed by atoms with Gasteiger partial charge in [-0.2, -0.15) is 0 Å². The van der Waals surface area contributed by atoms with Crippen molar-refractivity contribution in [2.45, 2.75) is 13.0 Å². The quantitative estimate of drug-likeness (QED) is 0.808. The maximum atomic E-state index is 11.9. The molecule has 1 aliphatic heterocycles. The average molecular weight is 328 g/mol. The van der Waals surface area contributed by atoms with Crippen LogP contribution in [0.4, 0.5) is 0 Å². The Morgan fingerprint density at radius 2 is 2.10 bits per heavy atom. The minimum atomic E-state index is -3.58. The molecule has 1 fully saturated rings. The first-order chi connectivity index (χ1) is 9.90. The van der Waals surface area contributed by atoms with E-state index in [1.54, 1.807) is 4.90 Å². The van der Waals surface area contributed by atoms with Gasteiger partial charge in [0.2, 0.25) is 15.0 Å². The lowest BCUT2D eigenvalue weighted by Crippen LogP contribution is -2.25. The summed E-state index contributed by atoms with van der Waals surface area (Å²) in [4.78, 5) is 13.6. The smallest absolute Gasteiger partial charge is 0.232 e. The zero-order chi connectivity index (χ0) is 15.0. The molecular formula is C14H14ClNO4S. The molecule has 3 rings (SSSR count). The van der Waals surface area contributed by atoms with Crippen LogP contribution in [0.3, 0.4) is 0 Å². The summed E-state index contributed by atoms with van der Waals surface area (Å²) < 4.78 is 27.9. The fourth-order valence-corrected chi connectivity index (χ4v) is 4.02. The number of amides is 1. The van der Waals surface area contributed by atoms with Crippen molar-refractivity contribution in [2.24, 2.45) is 5.92 Å². The molecule has 0 bridgehead atoms. The number of fused-ring (bicyclic) bond motifs is 1. The zero-order valence-corrected chi connectivity index (χ0v) is 12.7. The summed E-state index contributed by atoms with van der Waals surface area (Å²) in [6.07, 6.45) is 0.214. The van der Waals surface area contributed by atoms with Gasteiger partial charge in [0.25, 0.3) is 0 Å². The first-order valence-electron chi connectivity index (χ1n) is 6.58. The summed E-state index contributed by atoms with van der Waals surface area (Å²) >= 11 is 0. The topological polar surface area (TPSA) is 67.6 Å². The highest BCUT2D eigenvalue weighted by atomic mass is 35.7.